The molecule has 6 rings (SSSR count). The summed E-state index contributed by atoms with van der Waals surface area (Å²) in [6.07, 6.45) is 4.94. The first kappa shape index (κ1) is 14.9. The first-order valence-corrected chi connectivity index (χ1v) is 10.1. The summed E-state index contributed by atoms with van der Waals surface area (Å²) in [6, 6.07) is 7.32. The van der Waals surface area contributed by atoms with Crippen LogP contribution in [-0.2, 0) is 20.3 Å². The fraction of sp³-hybridized carbons (Fsp3) is 0.667. The highest BCUT2D eigenvalue weighted by Gasteiger charge is 2.78. The van der Waals surface area contributed by atoms with Crippen LogP contribution in [0.2, 0.25) is 0 Å². The summed E-state index contributed by atoms with van der Waals surface area (Å²) in [5.41, 5.74) is 0.526. The molecule has 1 spiro atoms. The Morgan fingerprint density at radius 3 is 2.35 bits per heavy atom. The van der Waals surface area contributed by atoms with Gasteiger partial charge in [-0.15, -0.1) is 0 Å². The van der Waals surface area contributed by atoms with E-state index < -0.39 is 5.79 Å². The molecule has 4 aliphatic carbocycles. The molecule has 4 nitrogen and oxygen atoms in total. The van der Waals surface area contributed by atoms with E-state index in [4.69, 9.17) is 14.5 Å². The number of aromatic hydroxyl groups is 1. The Balaban J connectivity index is 1.61. The van der Waals surface area contributed by atoms with Gasteiger partial charge in [0, 0.05) is 9.99 Å². The molecule has 4 saturated carbocycles. The van der Waals surface area contributed by atoms with Crippen molar-refractivity contribution >= 4 is 22.6 Å². The lowest BCUT2D eigenvalue weighted by Gasteiger charge is -2.62. The Hall–Kier alpha value is -0.370. The molecular weight excluding hydrogens is 407 g/mol. The molecule has 4 bridgehead atoms. The topological polar surface area (TPSA) is 47.9 Å². The van der Waals surface area contributed by atoms with E-state index in [1.807, 2.05) is 12.1 Å². The van der Waals surface area contributed by atoms with E-state index in [0.717, 1.165) is 21.8 Å². The monoisotopic (exact) mass is 428 g/mol. The van der Waals surface area contributed by atoms with E-state index in [1.54, 1.807) is 12.1 Å². The molecule has 1 aromatic rings. The summed E-state index contributed by atoms with van der Waals surface area (Å²) in [5.74, 6) is 2.17. The van der Waals surface area contributed by atoms with Gasteiger partial charge in [0.05, 0.1) is 6.61 Å². The third kappa shape index (κ3) is 1.77. The molecule has 0 aromatic heterocycles. The highest BCUT2D eigenvalue weighted by Crippen LogP contribution is 2.72. The van der Waals surface area contributed by atoms with E-state index >= 15 is 0 Å². The number of alkyl halides is 1. The van der Waals surface area contributed by atoms with Gasteiger partial charge in [0.2, 0.25) is 0 Å². The molecule has 1 aromatic carbocycles. The number of phenols is 1. The SMILES string of the molecule is Oc1cccc(C2(OCCI)OOC23C2CC4CC3CC4C2)c1. The van der Waals surface area contributed by atoms with Gasteiger partial charge >= 0.3 is 0 Å². The fourth-order valence-corrected chi connectivity index (χ4v) is 6.14. The molecule has 23 heavy (non-hydrogen) atoms. The molecule has 1 unspecified atom stereocenters. The van der Waals surface area contributed by atoms with Crippen LogP contribution in [0, 0.1) is 23.7 Å². The number of benzene rings is 1. The zero-order chi connectivity index (χ0) is 15.7. The number of hydrogen-bond acceptors (Lipinski definition) is 4. The predicted octanol–water partition coefficient (Wildman–Crippen LogP) is 3.76. The molecule has 5 fully saturated rings. The van der Waals surface area contributed by atoms with E-state index in [0.29, 0.717) is 18.4 Å². The van der Waals surface area contributed by atoms with Gasteiger partial charge in [0.15, 0.2) is 5.60 Å². The lowest BCUT2D eigenvalue weighted by atomic mass is 9.61. The van der Waals surface area contributed by atoms with Crippen LogP contribution in [-0.4, -0.2) is 21.7 Å². The van der Waals surface area contributed by atoms with Crippen molar-refractivity contribution in [3.8, 4) is 5.75 Å². The standard InChI is InChI=1S/C18H21IO4/c19-4-5-21-18(13-2-1-3-16(20)10-13)17(22-23-18)14-6-11-7-15(17)9-12(11)8-14/h1-3,10-12,14-15,20H,4-9H2. The van der Waals surface area contributed by atoms with Crippen molar-refractivity contribution in [3.05, 3.63) is 29.8 Å². The smallest absolute Gasteiger partial charge is 0.261 e. The summed E-state index contributed by atoms with van der Waals surface area (Å²) in [4.78, 5) is 11.7. The highest BCUT2D eigenvalue weighted by molar-refractivity contribution is 14.1. The number of ether oxygens (including phenoxy) is 1. The van der Waals surface area contributed by atoms with Crippen LogP contribution in [0.4, 0.5) is 0 Å². The second-order valence-corrected chi connectivity index (χ2v) is 8.60. The Bertz CT molecular complexity index is 605. The Kier molecular flexibility index (Phi) is 3.29. The van der Waals surface area contributed by atoms with E-state index in [-0.39, 0.29) is 11.4 Å². The number of phenolic OH excluding ortho intramolecular Hbond substituents is 1. The molecule has 1 N–H and O–H groups in total. The summed E-state index contributed by atoms with van der Waals surface area (Å²) in [7, 11) is 0. The summed E-state index contributed by atoms with van der Waals surface area (Å²) < 4.78 is 7.23. The molecular formula is C18H21IO4. The van der Waals surface area contributed by atoms with Crippen LogP contribution in [0.1, 0.15) is 31.2 Å². The first-order valence-electron chi connectivity index (χ1n) is 8.56. The molecule has 1 atom stereocenters. The van der Waals surface area contributed by atoms with Crippen LogP contribution in [0.5, 0.6) is 5.75 Å². The van der Waals surface area contributed by atoms with Crippen molar-refractivity contribution < 1.29 is 19.6 Å². The van der Waals surface area contributed by atoms with Crippen LogP contribution in [0.25, 0.3) is 0 Å². The minimum absolute atomic E-state index is 0.247. The summed E-state index contributed by atoms with van der Waals surface area (Å²) in [6.45, 7) is 0.619. The van der Waals surface area contributed by atoms with E-state index in [2.05, 4.69) is 22.6 Å². The zero-order valence-corrected chi connectivity index (χ0v) is 15.1. The Morgan fingerprint density at radius 2 is 1.83 bits per heavy atom. The molecule has 1 aliphatic heterocycles. The van der Waals surface area contributed by atoms with Gasteiger partial charge in [0.1, 0.15) is 5.75 Å². The quantitative estimate of drug-likeness (QED) is 0.451. The van der Waals surface area contributed by atoms with Crippen molar-refractivity contribution in [2.75, 3.05) is 11.0 Å². The van der Waals surface area contributed by atoms with Crippen LogP contribution in [0.15, 0.2) is 24.3 Å². The van der Waals surface area contributed by atoms with Gasteiger partial charge in [-0.25, -0.2) is 4.89 Å². The average molecular weight is 428 g/mol. The molecule has 1 saturated heterocycles. The van der Waals surface area contributed by atoms with Gasteiger partial charge in [0.25, 0.3) is 5.79 Å². The molecule has 1 heterocycles. The van der Waals surface area contributed by atoms with Gasteiger partial charge in [-0.05, 0) is 61.5 Å². The maximum Gasteiger partial charge on any atom is 0.261 e. The first-order chi connectivity index (χ1) is 11.2. The predicted molar refractivity (Wildman–Crippen MR) is 92.0 cm³/mol. The third-order valence-electron chi connectivity index (χ3n) is 6.65. The Morgan fingerprint density at radius 1 is 1.13 bits per heavy atom. The second-order valence-electron chi connectivity index (χ2n) is 7.52. The van der Waals surface area contributed by atoms with E-state index in [1.165, 1.54) is 25.7 Å². The fourth-order valence-electron chi connectivity index (χ4n) is 5.92. The molecule has 124 valence electrons. The number of hydrogen-bond donors (Lipinski definition) is 1. The highest BCUT2D eigenvalue weighted by atomic mass is 127. The Labute approximate surface area is 149 Å². The molecule has 0 radical (unpaired) electrons. The van der Waals surface area contributed by atoms with Crippen LogP contribution in [0.3, 0.4) is 0 Å². The van der Waals surface area contributed by atoms with Crippen molar-refractivity contribution in [2.45, 2.75) is 37.1 Å². The van der Waals surface area contributed by atoms with Gasteiger partial charge in [-0.1, -0.05) is 34.7 Å². The van der Waals surface area contributed by atoms with Gasteiger partial charge in [-0.2, -0.15) is 4.89 Å². The maximum absolute atomic E-state index is 9.96. The zero-order valence-electron chi connectivity index (χ0n) is 12.9. The minimum atomic E-state index is -0.855. The summed E-state index contributed by atoms with van der Waals surface area (Å²) >= 11 is 2.32. The summed E-state index contributed by atoms with van der Waals surface area (Å²) in [5, 5.41) is 9.96. The largest absolute Gasteiger partial charge is 0.508 e. The third-order valence-corrected chi connectivity index (χ3v) is 7.09. The lowest BCUT2D eigenvalue weighted by molar-refractivity contribution is -0.642. The normalized spacial score (nSPS) is 46.5. The number of rotatable bonds is 4. The van der Waals surface area contributed by atoms with Crippen LogP contribution >= 0.6 is 22.6 Å². The van der Waals surface area contributed by atoms with Crippen LogP contribution < -0.4 is 0 Å². The minimum Gasteiger partial charge on any atom is -0.508 e. The van der Waals surface area contributed by atoms with Crippen molar-refractivity contribution in [3.63, 3.8) is 0 Å². The van der Waals surface area contributed by atoms with E-state index in [9.17, 15) is 5.11 Å². The van der Waals surface area contributed by atoms with Crippen molar-refractivity contribution in [2.24, 2.45) is 23.7 Å². The molecule has 5 heteroatoms. The molecule has 5 aliphatic rings. The maximum atomic E-state index is 9.96. The van der Waals surface area contributed by atoms with Gasteiger partial charge in [-0.3, -0.25) is 0 Å². The second kappa shape index (κ2) is 5.07. The van der Waals surface area contributed by atoms with Gasteiger partial charge < -0.3 is 9.84 Å². The van der Waals surface area contributed by atoms with Crippen molar-refractivity contribution in [1.82, 2.24) is 0 Å². The van der Waals surface area contributed by atoms with Crippen molar-refractivity contribution in [1.29, 1.82) is 0 Å². The lowest BCUT2D eigenvalue weighted by Crippen LogP contribution is -2.73. The molecule has 0 amide bonds. The number of halogens is 1. The average Bonchev–Trinajstić information content (AvgIpc) is 3.01.